The molecule has 0 aromatic heterocycles. The maximum atomic E-state index is 10.8. The van der Waals surface area contributed by atoms with E-state index >= 15 is 0 Å². The summed E-state index contributed by atoms with van der Waals surface area (Å²) in [6.45, 7) is 1.10. The van der Waals surface area contributed by atoms with Gasteiger partial charge in [-0.15, -0.1) is 0 Å². The lowest BCUT2D eigenvalue weighted by atomic mass is 10.1. The maximum absolute atomic E-state index is 10.8. The summed E-state index contributed by atoms with van der Waals surface area (Å²) in [4.78, 5) is 10.8. The van der Waals surface area contributed by atoms with Crippen molar-refractivity contribution in [2.75, 3.05) is 20.3 Å². The summed E-state index contributed by atoms with van der Waals surface area (Å²) in [6, 6.07) is 0. The molecule has 0 amide bonds. The van der Waals surface area contributed by atoms with Crippen LogP contribution in [-0.2, 0) is 14.3 Å². The average molecular weight is 144 g/mol. The smallest absolute Gasteiger partial charge is 0.137 e. The van der Waals surface area contributed by atoms with Gasteiger partial charge in [-0.2, -0.15) is 0 Å². The number of hydrogen-bond donors (Lipinski definition) is 0. The summed E-state index contributed by atoms with van der Waals surface area (Å²) in [5.74, 6) is 0.285. The van der Waals surface area contributed by atoms with Gasteiger partial charge in [0.05, 0.1) is 19.3 Å². The Hall–Kier alpha value is -0.410. The van der Waals surface area contributed by atoms with Crippen LogP contribution in [0.5, 0.6) is 0 Å². The van der Waals surface area contributed by atoms with Gasteiger partial charge in [-0.3, -0.25) is 4.79 Å². The van der Waals surface area contributed by atoms with Gasteiger partial charge in [0.1, 0.15) is 5.78 Å². The SMILES string of the molecule is COCC1CC(=O)CCO1. The van der Waals surface area contributed by atoms with E-state index in [9.17, 15) is 4.79 Å². The fourth-order valence-electron chi connectivity index (χ4n) is 1.05. The van der Waals surface area contributed by atoms with Crippen molar-refractivity contribution < 1.29 is 14.3 Å². The quantitative estimate of drug-likeness (QED) is 0.562. The molecule has 0 spiro atoms. The Bertz CT molecular complexity index is 120. The number of carbonyl (C=O) groups excluding carboxylic acids is 1. The zero-order chi connectivity index (χ0) is 7.40. The summed E-state index contributed by atoms with van der Waals surface area (Å²) in [6.07, 6.45) is 1.10. The first kappa shape index (κ1) is 7.69. The molecular weight excluding hydrogens is 132 g/mol. The number of methoxy groups -OCH3 is 1. The summed E-state index contributed by atoms with van der Waals surface area (Å²) < 4.78 is 10.1. The zero-order valence-corrected chi connectivity index (χ0v) is 6.13. The van der Waals surface area contributed by atoms with E-state index in [2.05, 4.69) is 0 Å². The monoisotopic (exact) mass is 144 g/mol. The van der Waals surface area contributed by atoms with E-state index in [-0.39, 0.29) is 11.9 Å². The van der Waals surface area contributed by atoms with Gasteiger partial charge in [-0.05, 0) is 0 Å². The van der Waals surface area contributed by atoms with Crippen molar-refractivity contribution in [1.82, 2.24) is 0 Å². The summed E-state index contributed by atoms with van der Waals surface area (Å²) in [7, 11) is 1.61. The van der Waals surface area contributed by atoms with E-state index in [4.69, 9.17) is 9.47 Å². The maximum Gasteiger partial charge on any atom is 0.137 e. The molecule has 1 aliphatic rings. The topological polar surface area (TPSA) is 35.5 Å². The van der Waals surface area contributed by atoms with Crippen LogP contribution >= 0.6 is 0 Å². The van der Waals surface area contributed by atoms with Gasteiger partial charge in [0.15, 0.2) is 0 Å². The van der Waals surface area contributed by atoms with E-state index in [0.29, 0.717) is 26.1 Å². The van der Waals surface area contributed by atoms with E-state index < -0.39 is 0 Å². The van der Waals surface area contributed by atoms with Crippen molar-refractivity contribution >= 4 is 5.78 Å². The van der Waals surface area contributed by atoms with Crippen molar-refractivity contribution in [3.63, 3.8) is 0 Å². The molecule has 1 rings (SSSR count). The summed E-state index contributed by atoms with van der Waals surface area (Å²) >= 11 is 0. The van der Waals surface area contributed by atoms with Crippen molar-refractivity contribution in [3.05, 3.63) is 0 Å². The molecule has 0 aromatic carbocycles. The Kier molecular flexibility index (Phi) is 2.83. The Morgan fingerprint density at radius 2 is 2.60 bits per heavy atom. The van der Waals surface area contributed by atoms with Crippen LogP contribution in [0.2, 0.25) is 0 Å². The Morgan fingerprint density at radius 1 is 1.80 bits per heavy atom. The second-order valence-corrected chi connectivity index (χ2v) is 2.44. The predicted molar refractivity (Wildman–Crippen MR) is 35.9 cm³/mol. The molecule has 0 aromatic rings. The largest absolute Gasteiger partial charge is 0.382 e. The van der Waals surface area contributed by atoms with Crippen molar-refractivity contribution in [2.24, 2.45) is 0 Å². The van der Waals surface area contributed by atoms with E-state index in [1.54, 1.807) is 7.11 Å². The molecule has 0 radical (unpaired) electrons. The third-order valence-corrected chi connectivity index (χ3v) is 1.54. The normalized spacial score (nSPS) is 26.9. The second-order valence-electron chi connectivity index (χ2n) is 2.44. The number of carbonyl (C=O) groups is 1. The van der Waals surface area contributed by atoms with Gasteiger partial charge in [-0.1, -0.05) is 0 Å². The van der Waals surface area contributed by atoms with Crippen molar-refractivity contribution in [3.8, 4) is 0 Å². The molecule has 58 valence electrons. The molecule has 3 heteroatoms. The highest BCUT2D eigenvalue weighted by Gasteiger charge is 2.19. The molecule has 1 unspecified atom stereocenters. The van der Waals surface area contributed by atoms with Gasteiger partial charge in [0.25, 0.3) is 0 Å². The highest BCUT2D eigenvalue weighted by Crippen LogP contribution is 2.09. The molecule has 0 bridgehead atoms. The fourth-order valence-corrected chi connectivity index (χ4v) is 1.05. The first-order valence-electron chi connectivity index (χ1n) is 3.45. The Labute approximate surface area is 60.3 Å². The molecule has 1 atom stereocenters. The second kappa shape index (κ2) is 3.68. The molecule has 3 nitrogen and oxygen atoms in total. The van der Waals surface area contributed by atoms with E-state index in [1.807, 2.05) is 0 Å². The van der Waals surface area contributed by atoms with Crippen LogP contribution in [0.25, 0.3) is 0 Å². The number of ether oxygens (including phenoxy) is 2. The Morgan fingerprint density at radius 3 is 3.20 bits per heavy atom. The molecule has 10 heavy (non-hydrogen) atoms. The number of ketones is 1. The summed E-state index contributed by atoms with van der Waals surface area (Å²) in [5.41, 5.74) is 0. The first-order chi connectivity index (χ1) is 4.83. The van der Waals surface area contributed by atoms with Gasteiger partial charge in [0.2, 0.25) is 0 Å². The molecule has 1 saturated heterocycles. The minimum Gasteiger partial charge on any atom is -0.382 e. The molecule has 1 fully saturated rings. The average Bonchev–Trinajstić information content (AvgIpc) is 1.88. The Balaban J connectivity index is 2.25. The van der Waals surface area contributed by atoms with Gasteiger partial charge >= 0.3 is 0 Å². The van der Waals surface area contributed by atoms with Crippen LogP contribution in [0.15, 0.2) is 0 Å². The lowest BCUT2D eigenvalue weighted by Gasteiger charge is -2.20. The number of rotatable bonds is 2. The highest BCUT2D eigenvalue weighted by molar-refractivity contribution is 5.79. The van der Waals surface area contributed by atoms with Crippen LogP contribution in [0, 0.1) is 0 Å². The standard InChI is InChI=1S/C7H12O3/c1-9-5-7-4-6(8)2-3-10-7/h7H,2-5H2,1H3. The number of Topliss-reactive ketones (excluding diaryl/α,β-unsaturated/α-hetero) is 1. The van der Waals surface area contributed by atoms with Crippen molar-refractivity contribution in [2.45, 2.75) is 18.9 Å². The van der Waals surface area contributed by atoms with Crippen LogP contribution in [0.4, 0.5) is 0 Å². The molecule has 0 N–H and O–H groups in total. The minimum absolute atomic E-state index is 0.00579. The van der Waals surface area contributed by atoms with Crippen molar-refractivity contribution in [1.29, 1.82) is 0 Å². The lowest BCUT2D eigenvalue weighted by molar-refractivity contribution is -0.130. The van der Waals surface area contributed by atoms with Gasteiger partial charge < -0.3 is 9.47 Å². The third-order valence-electron chi connectivity index (χ3n) is 1.54. The summed E-state index contributed by atoms with van der Waals surface area (Å²) in [5, 5.41) is 0. The van der Waals surface area contributed by atoms with E-state index in [0.717, 1.165) is 0 Å². The number of hydrogen-bond acceptors (Lipinski definition) is 3. The molecule has 0 saturated carbocycles. The van der Waals surface area contributed by atoms with Gasteiger partial charge in [0, 0.05) is 20.0 Å². The zero-order valence-electron chi connectivity index (χ0n) is 6.13. The molecule has 0 aliphatic carbocycles. The molecule has 1 heterocycles. The van der Waals surface area contributed by atoms with Crippen LogP contribution < -0.4 is 0 Å². The van der Waals surface area contributed by atoms with Crippen LogP contribution in [0.3, 0.4) is 0 Å². The predicted octanol–water partition coefficient (Wildman–Crippen LogP) is 0.381. The van der Waals surface area contributed by atoms with Crippen LogP contribution in [-0.4, -0.2) is 32.2 Å². The molecular formula is C7H12O3. The fraction of sp³-hybridized carbons (Fsp3) is 0.857. The van der Waals surface area contributed by atoms with Crippen LogP contribution in [0.1, 0.15) is 12.8 Å². The molecule has 1 aliphatic heterocycles. The first-order valence-corrected chi connectivity index (χ1v) is 3.45. The van der Waals surface area contributed by atoms with Gasteiger partial charge in [-0.25, -0.2) is 0 Å². The minimum atomic E-state index is 0.00579. The lowest BCUT2D eigenvalue weighted by Crippen LogP contribution is -2.29. The highest BCUT2D eigenvalue weighted by atomic mass is 16.5. The van der Waals surface area contributed by atoms with E-state index in [1.165, 1.54) is 0 Å². The third kappa shape index (κ3) is 2.08.